The molecule has 1 nitrogen and oxygen atoms in total. The van der Waals surface area contributed by atoms with Gasteiger partial charge in [0.05, 0.1) is 0 Å². The molecule has 0 aromatic carbocycles. The molecule has 0 fully saturated rings. The van der Waals surface area contributed by atoms with Crippen molar-refractivity contribution in [1.82, 2.24) is 0 Å². The van der Waals surface area contributed by atoms with Crippen LogP contribution in [0, 0.1) is 13.8 Å². The summed E-state index contributed by atoms with van der Waals surface area (Å²) in [6.45, 7) is 4.58. The Labute approximate surface area is 71.7 Å². The Bertz CT molecular complexity index is 208. The summed E-state index contributed by atoms with van der Waals surface area (Å²) in [5, 5.41) is 8.61. The van der Waals surface area contributed by atoms with E-state index in [1.165, 1.54) is 15.3 Å². The molecule has 2 heteroatoms. The Morgan fingerprint density at radius 2 is 2.18 bits per heavy atom. The van der Waals surface area contributed by atoms with Crippen molar-refractivity contribution in [2.45, 2.75) is 26.7 Å². The Morgan fingerprint density at radius 3 is 2.64 bits per heavy atom. The van der Waals surface area contributed by atoms with Crippen molar-refractivity contribution < 1.29 is 5.11 Å². The van der Waals surface area contributed by atoms with E-state index in [0.717, 1.165) is 12.8 Å². The molecule has 1 rings (SSSR count). The van der Waals surface area contributed by atoms with Crippen LogP contribution in [0.1, 0.15) is 21.7 Å². The van der Waals surface area contributed by atoms with Crippen LogP contribution < -0.4 is 0 Å². The van der Waals surface area contributed by atoms with E-state index in [2.05, 4.69) is 19.9 Å². The quantitative estimate of drug-likeness (QED) is 0.738. The average Bonchev–Trinajstić information content (AvgIpc) is 2.28. The van der Waals surface area contributed by atoms with Gasteiger partial charge in [0.1, 0.15) is 0 Å². The lowest BCUT2D eigenvalue weighted by atomic mass is 10.2. The average molecular weight is 170 g/mol. The number of thiophene rings is 1. The first kappa shape index (κ1) is 8.75. The number of hydrogen-bond acceptors (Lipinski definition) is 2. The van der Waals surface area contributed by atoms with E-state index in [0.29, 0.717) is 6.61 Å². The Morgan fingerprint density at radius 1 is 1.45 bits per heavy atom. The fraction of sp³-hybridized carbons (Fsp3) is 0.556. The van der Waals surface area contributed by atoms with Gasteiger partial charge in [-0.05, 0) is 38.3 Å². The molecule has 0 amide bonds. The highest BCUT2D eigenvalue weighted by Crippen LogP contribution is 2.21. The third-order valence-electron chi connectivity index (χ3n) is 1.80. The fourth-order valence-electron chi connectivity index (χ4n) is 1.03. The molecule has 0 unspecified atom stereocenters. The highest BCUT2D eigenvalue weighted by Gasteiger charge is 1.99. The molecule has 62 valence electrons. The normalized spacial score (nSPS) is 10.5. The van der Waals surface area contributed by atoms with Gasteiger partial charge in [-0.3, -0.25) is 0 Å². The smallest absolute Gasteiger partial charge is 0.0434 e. The summed E-state index contributed by atoms with van der Waals surface area (Å²) < 4.78 is 0. The number of aliphatic hydroxyl groups excluding tert-OH is 1. The molecule has 0 saturated heterocycles. The van der Waals surface area contributed by atoms with Gasteiger partial charge in [-0.1, -0.05) is 0 Å². The molecule has 1 N–H and O–H groups in total. The van der Waals surface area contributed by atoms with Gasteiger partial charge in [-0.2, -0.15) is 0 Å². The van der Waals surface area contributed by atoms with Crippen LogP contribution in [0.3, 0.4) is 0 Å². The van der Waals surface area contributed by atoms with Crippen LogP contribution in [0.4, 0.5) is 0 Å². The van der Waals surface area contributed by atoms with E-state index >= 15 is 0 Å². The minimum atomic E-state index is 0.302. The van der Waals surface area contributed by atoms with Crippen molar-refractivity contribution in [3.63, 3.8) is 0 Å². The maximum atomic E-state index is 8.61. The third-order valence-corrected chi connectivity index (χ3v) is 3.01. The van der Waals surface area contributed by atoms with Crippen LogP contribution in [-0.2, 0) is 6.42 Å². The van der Waals surface area contributed by atoms with Crippen LogP contribution in [0.2, 0.25) is 0 Å². The van der Waals surface area contributed by atoms with E-state index in [4.69, 9.17) is 5.11 Å². The molecule has 0 aliphatic carbocycles. The van der Waals surface area contributed by atoms with Crippen molar-refractivity contribution in [2.24, 2.45) is 0 Å². The summed E-state index contributed by atoms with van der Waals surface area (Å²) in [5.74, 6) is 0. The van der Waals surface area contributed by atoms with Crippen LogP contribution in [0.5, 0.6) is 0 Å². The lowest BCUT2D eigenvalue weighted by molar-refractivity contribution is 0.289. The van der Waals surface area contributed by atoms with E-state index in [1.54, 1.807) is 0 Å². The summed E-state index contributed by atoms with van der Waals surface area (Å²) in [7, 11) is 0. The largest absolute Gasteiger partial charge is 0.396 e. The van der Waals surface area contributed by atoms with Gasteiger partial charge in [-0.15, -0.1) is 11.3 Å². The van der Waals surface area contributed by atoms with E-state index in [9.17, 15) is 0 Å². The molecule has 1 aromatic rings. The Balaban J connectivity index is 2.58. The lowest BCUT2D eigenvalue weighted by Gasteiger charge is -1.90. The molecular formula is C9H14OS. The number of aryl methyl sites for hydroxylation is 3. The second-order valence-electron chi connectivity index (χ2n) is 2.78. The predicted octanol–water partition coefficient (Wildman–Crippen LogP) is 2.29. The van der Waals surface area contributed by atoms with Crippen molar-refractivity contribution >= 4 is 11.3 Å². The minimum absolute atomic E-state index is 0.302. The van der Waals surface area contributed by atoms with Crippen LogP contribution in [-0.4, -0.2) is 11.7 Å². The maximum absolute atomic E-state index is 8.61. The topological polar surface area (TPSA) is 20.2 Å². The molecule has 1 aromatic heterocycles. The fourth-order valence-corrected chi connectivity index (χ4v) is 2.12. The molecule has 0 spiro atoms. The third kappa shape index (κ3) is 2.31. The number of aliphatic hydroxyl groups is 1. The van der Waals surface area contributed by atoms with E-state index < -0.39 is 0 Å². The van der Waals surface area contributed by atoms with Gasteiger partial charge >= 0.3 is 0 Å². The van der Waals surface area contributed by atoms with Gasteiger partial charge in [0.25, 0.3) is 0 Å². The molecule has 0 saturated carbocycles. The van der Waals surface area contributed by atoms with Crippen molar-refractivity contribution in [3.8, 4) is 0 Å². The number of hydrogen-bond donors (Lipinski definition) is 1. The maximum Gasteiger partial charge on any atom is 0.0434 e. The second-order valence-corrected chi connectivity index (χ2v) is 4.12. The molecular weight excluding hydrogens is 156 g/mol. The summed E-state index contributed by atoms with van der Waals surface area (Å²) in [6, 6.07) is 2.22. The second kappa shape index (κ2) is 3.88. The van der Waals surface area contributed by atoms with Crippen LogP contribution in [0.15, 0.2) is 6.07 Å². The van der Waals surface area contributed by atoms with Gasteiger partial charge in [-0.25, -0.2) is 0 Å². The van der Waals surface area contributed by atoms with Gasteiger partial charge < -0.3 is 5.11 Å². The van der Waals surface area contributed by atoms with Gasteiger partial charge in [0.15, 0.2) is 0 Å². The molecule has 0 bridgehead atoms. The zero-order valence-electron chi connectivity index (χ0n) is 7.05. The summed E-state index contributed by atoms with van der Waals surface area (Å²) in [5.41, 5.74) is 1.38. The molecule has 0 atom stereocenters. The number of rotatable bonds is 3. The standard InChI is InChI=1S/C9H14OS/c1-7-6-9(4-3-5-10)11-8(7)2/h6,10H,3-5H2,1-2H3. The first-order valence-electron chi connectivity index (χ1n) is 3.91. The highest BCUT2D eigenvalue weighted by molar-refractivity contribution is 7.12. The molecule has 0 aliphatic heterocycles. The first-order valence-corrected chi connectivity index (χ1v) is 4.72. The minimum Gasteiger partial charge on any atom is -0.396 e. The van der Waals surface area contributed by atoms with Crippen molar-refractivity contribution in [3.05, 3.63) is 21.4 Å². The highest BCUT2D eigenvalue weighted by atomic mass is 32.1. The molecule has 0 aliphatic rings. The van der Waals surface area contributed by atoms with Crippen LogP contribution >= 0.6 is 11.3 Å². The summed E-state index contributed by atoms with van der Waals surface area (Å²) in [4.78, 5) is 2.80. The molecule has 1 heterocycles. The van der Waals surface area contributed by atoms with Gasteiger partial charge in [0.2, 0.25) is 0 Å². The zero-order chi connectivity index (χ0) is 8.27. The summed E-state index contributed by atoms with van der Waals surface area (Å²) in [6.07, 6.45) is 1.91. The first-order chi connectivity index (χ1) is 5.24. The van der Waals surface area contributed by atoms with E-state index in [1.807, 2.05) is 11.3 Å². The monoisotopic (exact) mass is 170 g/mol. The lowest BCUT2D eigenvalue weighted by Crippen LogP contribution is -1.84. The molecule has 11 heavy (non-hydrogen) atoms. The Kier molecular flexibility index (Phi) is 3.09. The van der Waals surface area contributed by atoms with Crippen molar-refractivity contribution in [2.75, 3.05) is 6.61 Å². The predicted molar refractivity (Wildman–Crippen MR) is 49.2 cm³/mol. The Hall–Kier alpha value is -0.340. The summed E-state index contributed by atoms with van der Waals surface area (Å²) >= 11 is 1.84. The SMILES string of the molecule is Cc1cc(CCCO)sc1C. The molecule has 0 radical (unpaired) electrons. The zero-order valence-corrected chi connectivity index (χ0v) is 7.87. The van der Waals surface area contributed by atoms with Crippen LogP contribution in [0.25, 0.3) is 0 Å². The van der Waals surface area contributed by atoms with E-state index in [-0.39, 0.29) is 0 Å². The van der Waals surface area contributed by atoms with Gasteiger partial charge in [0, 0.05) is 16.4 Å². The van der Waals surface area contributed by atoms with Crippen molar-refractivity contribution in [1.29, 1.82) is 0 Å².